The van der Waals surface area contributed by atoms with Crippen LogP contribution in [0.15, 0.2) is 48.5 Å². The second-order valence-corrected chi connectivity index (χ2v) is 7.45. The number of carbonyl (C=O) groups is 3. The first-order valence-corrected chi connectivity index (χ1v) is 9.89. The zero-order chi connectivity index (χ0) is 21.3. The van der Waals surface area contributed by atoms with Crippen LogP contribution in [0.3, 0.4) is 0 Å². The molecule has 2 aliphatic heterocycles. The number of halogens is 1. The van der Waals surface area contributed by atoms with E-state index in [0.29, 0.717) is 37.6 Å². The van der Waals surface area contributed by atoms with Gasteiger partial charge in [-0.3, -0.25) is 14.4 Å². The van der Waals surface area contributed by atoms with Gasteiger partial charge in [0.05, 0.1) is 51.0 Å². The highest BCUT2D eigenvalue weighted by Crippen LogP contribution is 2.24. The topological polar surface area (TPSA) is 71.4 Å². The highest BCUT2D eigenvalue weighted by atomic mass is 19.1. The van der Waals surface area contributed by atoms with Crippen LogP contribution in [0.2, 0.25) is 0 Å². The average Bonchev–Trinajstić information content (AvgIpc) is 3.07. The van der Waals surface area contributed by atoms with E-state index >= 15 is 0 Å². The normalized spacial score (nSPS) is 20.0. The predicted molar refractivity (Wildman–Crippen MR) is 107 cm³/mol. The van der Waals surface area contributed by atoms with E-state index in [1.54, 1.807) is 48.4 Å². The fraction of sp³-hybridized carbons (Fsp3) is 0.318. The van der Waals surface area contributed by atoms with Crippen LogP contribution in [0.4, 0.5) is 10.1 Å². The molecule has 156 valence electrons. The van der Waals surface area contributed by atoms with Crippen molar-refractivity contribution in [3.8, 4) is 5.75 Å². The number of ether oxygens (including phenoxy) is 1. The van der Waals surface area contributed by atoms with Gasteiger partial charge in [-0.15, -0.1) is 0 Å². The second kappa shape index (κ2) is 8.23. The molecule has 3 amide bonds. The van der Waals surface area contributed by atoms with Crippen molar-refractivity contribution < 1.29 is 28.4 Å². The van der Waals surface area contributed by atoms with Gasteiger partial charge in [-0.25, -0.2) is 9.29 Å². The Morgan fingerprint density at radius 3 is 2.37 bits per heavy atom. The Kier molecular flexibility index (Phi) is 5.50. The lowest BCUT2D eigenvalue weighted by molar-refractivity contribution is -0.918. The number of piperazine rings is 1. The number of nitrogens with one attached hydrogen (secondary N) is 1. The highest BCUT2D eigenvalue weighted by molar-refractivity contribution is 6.21. The van der Waals surface area contributed by atoms with Crippen LogP contribution in [0, 0.1) is 5.82 Å². The Labute approximate surface area is 173 Å². The molecule has 1 N–H and O–H groups in total. The molecule has 2 heterocycles. The SMILES string of the molecule is COc1ccc(N2C(=O)C[C@H]([NH+]3CCN(C(=O)c4ccccc4F)CC3)C2=O)cc1. The number of hydrogen-bond donors (Lipinski definition) is 1. The molecule has 7 nitrogen and oxygen atoms in total. The van der Waals surface area contributed by atoms with Gasteiger partial charge in [0, 0.05) is 0 Å². The van der Waals surface area contributed by atoms with Crippen molar-refractivity contribution >= 4 is 23.4 Å². The summed E-state index contributed by atoms with van der Waals surface area (Å²) in [5, 5.41) is 0. The van der Waals surface area contributed by atoms with E-state index in [1.165, 1.54) is 17.0 Å². The number of hydrogen-bond acceptors (Lipinski definition) is 4. The molecule has 30 heavy (non-hydrogen) atoms. The molecular formula is C22H23FN3O4+. The summed E-state index contributed by atoms with van der Waals surface area (Å²) >= 11 is 0. The maximum absolute atomic E-state index is 13.9. The van der Waals surface area contributed by atoms with Crippen LogP contribution in [-0.4, -0.2) is 62.0 Å². The Bertz CT molecular complexity index is 971. The van der Waals surface area contributed by atoms with Crippen LogP contribution in [-0.2, 0) is 9.59 Å². The largest absolute Gasteiger partial charge is 0.497 e. The summed E-state index contributed by atoms with van der Waals surface area (Å²) in [5.41, 5.74) is 0.583. The minimum Gasteiger partial charge on any atom is -0.497 e. The monoisotopic (exact) mass is 412 g/mol. The van der Waals surface area contributed by atoms with Gasteiger partial charge in [-0.2, -0.15) is 0 Å². The van der Waals surface area contributed by atoms with Crippen LogP contribution >= 0.6 is 0 Å². The molecule has 0 bridgehead atoms. The summed E-state index contributed by atoms with van der Waals surface area (Å²) in [6.07, 6.45) is 0.140. The minimum atomic E-state index is -0.538. The van der Waals surface area contributed by atoms with Gasteiger partial charge in [0.15, 0.2) is 6.04 Å². The molecular weight excluding hydrogens is 389 g/mol. The molecule has 0 spiro atoms. The molecule has 2 aromatic rings. The van der Waals surface area contributed by atoms with Crippen molar-refractivity contribution in [2.24, 2.45) is 0 Å². The highest BCUT2D eigenvalue weighted by Gasteiger charge is 2.46. The lowest BCUT2D eigenvalue weighted by atomic mass is 10.1. The molecule has 0 aromatic heterocycles. The first-order chi connectivity index (χ1) is 14.5. The molecule has 2 aromatic carbocycles. The molecule has 0 aliphatic carbocycles. The van der Waals surface area contributed by atoms with E-state index in [-0.39, 0.29) is 29.7 Å². The van der Waals surface area contributed by atoms with Crippen molar-refractivity contribution in [3.63, 3.8) is 0 Å². The zero-order valence-corrected chi connectivity index (χ0v) is 16.6. The van der Waals surface area contributed by atoms with Gasteiger partial charge in [-0.1, -0.05) is 12.1 Å². The van der Waals surface area contributed by atoms with Crippen molar-refractivity contribution in [2.75, 3.05) is 38.2 Å². The molecule has 0 radical (unpaired) electrons. The summed E-state index contributed by atoms with van der Waals surface area (Å²) in [7, 11) is 1.55. The van der Waals surface area contributed by atoms with E-state index in [0.717, 1.165) is 4.90 Å². The zero-order valence-electron chi connectivity index (χ0n) is 16.6. The molecule has 8 heteroatoms. The average molecular weight is 412 g/mol. The quantitative estimate of drug-likeness (QED) is 0.743. The van der Waals surface area contributed by atoms with Crippen molar-refractivity contribution in [3.05, 3.63) is 59.9 Å². The van der Waals surface area contributed by atoms with Gasteiger partial charge < -0.3 is 14.5 Å². The van der Waals surface area contributed by atoms with Crippen molar-refractivity contribution in [1.29, 1.82) is 0 Å². The molecule has 2 aliphatic rings. The number of anilines is 1. The third-order valence-electron chi connectivity index (χ3n) is 5.77. The van der Waals surface area contributed by atoms with Crippen LogP contribution in [0.5, 0.6) is 5.75 Å². The number of benzene rings is 2. The lowest BCUT2D eigenvalue weighted by Gasteiger charge is -2.34. The Morgan fingerprint density at radius 2 is 1.73 bits per heavy atom. The van der Waals surface area contributed by atoms with E-state index in [1.807, 2.05) is 0 Å². The Morgan fingerprint density at radius 1 is 1.07 bits per heavy atom. The Balaban J connectivity index is 1.41. The molecule has 2 fully saturated rings. The minimum absolute atomic E-state index is 0.0544. The van der Waals surface area contributed by atoms with Crippen LogP contribution in [0.1, 0.15) is 16.8 Å². The predicted octanol–water partition coefficient (Wildman–Crippen LogP) is 0.507. The summed E-state index contributed by atoms with van der Waals surface area (Å²) in [6.45, 7) is 1.87. The van der Waals surface area contributed by atoms with Gasteiger partial charge in [-0.05, 0) is 36.4 Å². The van der Waals surface area contributed by atoms with Crippen molar-refractivity contribution in [2.45, 2.75) is 12.5 Å². The van der Waals surface area contributed by atoms with Gasteiger partial charge in [0.25, 0.3) is 11.8 Å². The van der Waals surface area contributed by atoms with E-state index in [9.17, 15) is 18.8 Å². The maximum Gasteiger partial charge on any atom is 0.292 e. The number of carbonyl (C=O) groups excluding carboxylic acids is 3. The van der Waals surface area contributed by atoms with Gasteiger partial charge in [0.1, 0.15) is 11.6 Å². The number of amides is 3. The van der Waals surface area contributed by atoms with Gasteiger partial charge >= 0.3 is 0 Å². The van der Waals surface area contributed by atoms with Crippen LogP contribution < -0.4 is 14.5 Å². The lowest BCUT2D eigenvalue weighted by Crippen LogP contribution is -3.19. The van der Waals surface area contributed by atoms with Crippen LogP contribution in [0.25, 0.3) is 0 Å². The van der Waals surface area contributed by atoms with Crippen molar-refractivity contribution in [1.82, 2.24) is 4.90 Å². The smallest absolute Gasteiger partial charge is 0.292 e. The number of methoxy groups -OCH3 is 1. The van der Waals surface area contributed by atoms with E-state index < -0.39 is 11.9 Å². The summed E-state index contributed by atoms with van der Waals surface area (Å²) < 4.78 is 19.0. The summed E-state index contributed by atoms with van der Waals surface area (Å²) in [6, 6.07) is 12.3. The number of quaternary nitrogens is 1. The van der Waals surface area contributed by atoms with E-state index in [2.05, 4.69) is 0 Å². The van der Waals surface area contributed by atoms with E-state index in [4.69, 9.17) is 4.74 Å². The summed E-state index contributed by atoms with van der Waals surface area (Å²) in [4.78, 5) is 41.9. The standard InChI is InChI=1S/C22H22FN3O4/c1-30-16-8-6-15(7-9-16)26-20(27)14-19(22(26)29)24-10-12-25(13-11-24)21(28)17-4-2-3-5-18(17)23/h2-9,19H,10-14H2,1H3/p+1/t19-/m0/s1. The Hall–Kier alpha value is -3.26. The number of rotatable bonds is 4. The third-order valence-corrected chi connectivity index (χ3v) is 5.77. The molecule has 1 atom stereocenters. The fourth-order valence-electron chi connectivity index (χ4n) is 4.10. The number of imide groups is 1. The first kappa shape index (κ1) is 20.0. The van der Waals surface area contributed by atoms with Gasteiger partial charge in [0.2, 0.25) is 5.91 Å². The summed E-state index contributed by atoms with van der Waals surface area (Å²) in [5.74, 6) is -0.693. The fourth-order valence-corrected chi connectivity index (χ4v) is 4.10. The molecule has 2 saturated heterocycles. The molecule has 4 rings (SSSR count). The third kappa shape index (κ3) is 3.66. The molecule has 0 saturated carbocycles. The first-order valence-electron chi connectivity index (χ1n) is 9.89. The maximum atomic E-state index is 13.9. The number of nitrogens with zero attached hydrogens (tertiary/aromatic N) is 2. The second-order valence-electron chi connectivity index (χ2n) is 7.45. The molecule has 0 unspecified atom stereocenters.